The van der Waals surface area contributed by atoms with E-state index in [0.717, 1.165) is 4.47 Å². The second-order valence-electron chi connectivity index (χ2n) is 7.07. The highest BCUT2D eigenvalue weighted by atomic mass is 79.9. The number of amides is 2. The van der Waals surface area contributed by atoms with E-state index >= 15 is 0 Å². The first-order valence-corrected chi connectivity index (χ1v) is 10.3. The lowest BCUT2D eigenvalue weighted by atomic mass is 10.1. The number of rotatable bonds is 6. The molecular weight excluding hydrogens is 468 g/mol. The SMILES string of the molecule is CC(C)(Oc1ccc(Br)cc1)C(=O)Nc1cccc(NC(=O)c2cccc(Cl)c2)c1. The zero-order valence-corrected chi connectivity index (χ0v) is 18.8. The molecule has 0 radical (unpaired) electrons. The summed E-state index contributed by atoms with van der Waals surface area (Å²) in [5, 5.41) is 6.11. The molecule has 0 atom stereocenters. The van der Waals surface area contributed by atoms with Gasteiger partial charge in [-0.25, -0.2) is 0 Å². The Morgan fingerprint density at radius 2 is 1.53 bits per heavy atom. The van der Waals surface area contributed by atoms with Crippen LogP contribution in [0.2, 0.25) is 5.02 Å². The molecule has 2 amide bonds. The molecule has 3 aromatic carbocycles. The number of halogens is 2. The zero-order valence-electron chi connectivity index (χ0n) is 16.4. The summed E-state index contributed by atoms with van der Waals surface area (Å²) in [6.07, 6.45) is 0. The van der Waals surface area contributed by atoms with Crippen molar-refractivity contribution in [2.45, 2.75) is 19.4 Å². The molecule has 0 aromatic heterocycles. The summed E-state index contributed by atoms with van der Waals surface area (Å²) in [6.45, 7) is 3.38. The highest BCUT2D eigenvalue weighted by Gasteiger charge is 2.30. The molecule has 3 aromatic rings. The molecule has 154 valence electrons. The average Bonchev–Trinajstić information content (AvgIpc) is 2.70. The van der Waals surface area contributed by atoms with Gasteiger partial charge in [-0.2, -0.15) is 0 Å². The molecule has 2 N–H and O–H groups in total. The summed E-state index contributed by atoms with van der Waals surface area (Å²) in [7, 11) is 0. The second kappa shape index (κ2) is 9.32. The van der Waals surface area contributed by atoms with Crippen molar-refractivity contribution in [3.63, 3.8) is 0 Å². The maximum absolute atomic E-state index is 12.8. The van der Waals surface area contributed by atoms with Crippen LogP contribution < -0.4 is 15.4 Å². The van der Waals surface area contributed by atoms with Gasteiger partial charge in [-0.15, -0.1) is 0 Å². The van der Waals surface area contributed by atoms with E-state index in [-0.39, 0.29) is 11.8 Å². The van der Waals surface area contributed by atoms with E-state index < -0.39 is 5.60 Å². The molecule has 0 aliphatic heterocycles. The largest absolute Gasteiger partial charge is 0.478 e. The van der Waals surface area contributed by atoms with Gasteiger partial charge in [-0.1, -0.05) is 39.7 Å². The van der Waals surface area contributed by atoms with Crippen molar-refractivity contribution in [2.75, 3.05) is 10.6 Å². The first kappa shape index (κ1) is 21.9. The van der Waals surface area contributed by atoms with Crippen LogP contribution in [0.3, 0.4) is 0 Å². The van der Waals surface area contributed by atoms with Gasteiger partial charge < -0.3 is 15.4 Å². The van der Waals surface area contributed by atoms with Gasteiger partial charge >= 0.3 is 0 Å². The molecule has 30 heavy (non-hydrogen) atoms. The van der Waals surface area contributed by atoms with Crippen LogP contribution in [0.25, 0.3) is 0 Å². The van der Waals surface area contributed by atoms with Gasteiger partial charge in [-0.05, 0) is 74.5 Å². The normalized spacial score (nSPS) is 10.9. The molecule has 0 saturated carbocycles. The summed E-state index contributed by atoms with van der Waals surface area (Å²) in [5.41, 5.74) is 0.426. The Balaban J connectivity index is 1.67. The van der Waals surface area contributed by atoms with Crippen molar-refractivity contribution in [1.29, 1.82) is 0 Å². The van der Waals surface area contributed by atoms with Crippen LogP contribution in [0.4, 0.5) is 11.4 Å². The lowest BCUT2D eigenvalue weighted by molar-refractivity contribution is -0.128. The van der Waals surface area contributed by atoms with Crippen molar-refractivity contribution in [3.05, 3.63) is 87.9 Å². The molecule has 0 heterocycles. The smallest absolute Gasteiger partial charge is 0.267 e. The molecule has 0 saturated heterocycles. The van der Waals surface area contributed by atoms with Crippen LogP contribution in [0, 0.1) is 0 Å². The number of anilines is 2. The minimum atomic E-state index is -1.10. The van der Waals surface area contributed by atoms with Gasteiger partial charge in [0, 0.05) is 26.4 Å². The van der Waals surface area contributed by atoms with Crippen LogP contribution >= 0.6 is 27.5 Å². The van der Waals surface area contributed by atoms with Crippen LogP contribution in [0.1, 0.15) is 24.2 Å². The van der Waals surface area contributed by atoms with Crippen LogP contribution in [0.15, 0.2) is 77.3 Å². The fraction of sp³-hybridized carbons (Fsp3) is 0.130. The summed E-state index contributed by atoms with van der Waals surface area (Å²) >= 11 is 9.31. The van der Waals surface area contributed by atoms with E-state index in [1.807, 2.05) is 12.1 Å². The van der Waals surface area contributed by atoms with E-state index in [4.69, 9.17) is 16.3 Å². The van der Waals surface area contributed by atoms with Crippen molar-refractivity contribution in [3.8, 4) is 5.75 Å². The molecule has 0 spiro atoms. The van der Waals surface area contributed by atoms with Crippen LogP contribution in [-0.2, 0) is 4.79 Å². The topological polar surface area (TPSA) is 67.4 Å². The van der Waals surface area contributed by atoms with Crippen molar-refractivity contribution < 1.29 is 14.3 Å². The number of carbonyl (C=O) groups excluding carboxylic acids is 2. The number of benzene rings is 3. The summed E-state index contributed by atoms with van der Waals surface area (Å²) in [5.74, 6) is -0.0236. The maximum Gasteiger partial charge on any atom is 0.267 e. The lowest BCUT2D eigenvalue weighted by Crippen LogP contribution is -2.42. The number of ether oxygens (including phenoxy) is 1. The molecule has 0 bridgehead atoms. The van der Waals surface area contributed by atoms with Crippen molar-refractivity contribution >= 4 is 50.7 Å². The zero-order chi connectivity index (χ0) is 21.7. The minimum absolute atomic E-state index is 0.292. The van der Waals surface area contributed by atoms with E-state index in [1.54, 1.807) is 74.5 Å². The monoisotopic (exact) mass is 486 g/mol. The Bertz CT molecular complexity index is 1070. The summed E-state index contributed by atoms with van der Waals surface area (Å²) in [6, 6.07) is 20.8. The highest BCUT2D eigenvalue weighted by molar-refractivity contribution is 9.10. The average molecular weight is 488 g/mol. The second-order valence-corrected chi connectivity index (χ2v) is 8.42. The Morgan fingerprint density at radius 1 is 0.900 bits per heavy atom. The van der Waals surface area contributed by atoms with E-state index in [2.05, 4.69) is 26.6 Å². The third-order valence-electron chi connectivity index (χ3n) is 4.20. The Morgan fingerprint density at radius 3 is 2.20 bits per heavy atom. The van der Waals surface area contributed by atoms with E-state index in [1.165, 1.54) is 0 Å². The highest BCUT2D eigenvalue weighted by Crippen LogP contribution is 2.23. The minimum Gasteiger partial charge on any atom is -0.478 e. The maximum atomic E-state index is 12.8. The fourth-order valence-electron chi connectivity index (χ4n) is 2.63. The molecule has 5 nitrogen and oxygen atoms in total. The molecular formula is C23H20BrClN2O3. The molecule has 0 unspecified atom stereocenters. The number of hydrogen-bond acceptors (Lipinski definition) is 3. The summed E-state index contributed by atoms with van der Waals surface area (Å²) in [4.78, 5) is 25.2. The summed E-state index contributed by atoms with van der Waals surface area (Å²) < 4.78 is 6.76. The Hall–Kier alpha value is -2.83. The lowest BCUT2D eigenvalue weighted by Gasteiger charge is -2.25. The number of hydrogen-bond donors (Lipinski definition) is 2. The first-order valence-electron chi connectivity index (χ1n) is 9.16. The number of nitrogens with one attached hydrogen (secondary N) is 2. The van der Waals surface area contributed by atoms with Crippen LogP contribution in [-0.4, -0.2) is 17.4 Å². The van der Waals surface area contributed by atoms with Gasteiger partial charge in [0.05, 0.1) is 0 Å². The van der Waals surface area contributed by atoms with E-state index in [9.17, 15) is 9.59 Å². The van der Waals surface area contributed by atoms with Gasteiger partial charge in [0.1, 0.15) is 5.75 Å². The van der Waals surface area contributed by atoms with Gasteiger partial charge in [-0.3, -0.25) is 9.59 Å². The van der Waals surface area contributed by atoms with Gasteiger partial charge in [0.15, 0.2) is 5.60 Å². The van der Waals surface area contributed by atoms with Crippen molar-refractivity contribution in [1.82, 2.24) is 0 Å². The number of carbonyl (C=O) groups is 2. The van der Waals surface area contributed by atoms with Gasteiger partial charge in [0.25, 0.3) is 11.8 Å². The van der Waals surface area contributed by atoms with Crippen molar-refractivity contribution in [2.24, 2.45) is 0 Å². The van der Waals surface area contributed by atoms with Gasteiger partial charge in [0.2, 0.25) is 0 Å². The third-order valence-corrected chi connectivity index (χ3v) is 4.96. The Labute approximate surface area is 188 Å². The first-order chi connectivity index (χ1) is 14.2. The third kappa shape index (κ3) is 5.84. The van der Waals surface area contributed by atoms with Crippen LogP contribution in [0.5, 0.6) is 5.75 Å². The molecule has 0 aliphatic carbocycles. The van der Waals surface area contributed by atoms with E-state index in [0.29, 0.717) is 27.7 Å². The molecule has 0 fully saturated rings. The standard InChI is InChI=1S/C23H20BrClN2O3/c1-23(2,30-20-11-9-16(24)10-12-20)22(29)27-19-8-4-7-18(14-19)26-21(28)15-5-3-6-17(25)13-15/h3-14H,1-2H3,(H,26,28)(H,27,29). The molecule has 7 heteroatoms. The fourth-order valence-corrected chi connectivity index (χ4v) is 3.09. The molecule has 0 aliphatic rings. The quantitative estimate of drug-likeness (QED) is 0.438. The Kier molecular flexibility index (Phi) is 6.80. The predicted octanol–water partition coefficient (Wildman–Crippen LogP) is 6.15. The molecule has 3 rings (SSSR count). The predicted molar refractivity (Wildman–Crippen MR) is 123 cm³/mol.